The topological polar surface area (TPSA) is 88.2 Å². The van der Waals surface area contributed by atoms with Gasteiger partial charge in [0, 0.05) is 19.5 Å². The summed E-state index contributed by atoms with van der Waals surface area (Å²) in [6.07, 6.45) is 1.34. The van der Waals surface area contributed by atoms with Gasteiger partial charge < -0.3 is 24.6 Å². The Kier molecular flexibility index (Phi) is 4.18. The van der Waals surface area contributed by atoms with Crippen LogP contribution in [0.3, 0.4) is 0 Å². The van der Waals surface area contributed by atoms with Crippen LogP contribution < -0.4 is 15.0 Å². The summed E-state index contributed by atoms with van der Waals surface area (Å²) < 4.78 is 10.8. The van der Waals surface area contributed by atoms with Crippen molar-refractivity contribution in [1.29, 1.82) is 0 Å². The van der Waals surface area contributed by atoms with Crippen LogP contribution in [0.4, 0.5) is 10.5 Å². The maximum atomic E-state index is 12.7. The molecule has 4 rings (SSSR count). The zero-order valence-electron chi connectivity index (χ0n) is 14.4. The molecule has 3 amide bonds. The van der Waals surface area contributed by atoms with Gasteiger partial charge in [-0.05, 0) is 25.0 Å². The monoisotopic (exact) mass is 359 g/mol. The number of likely N-dealkylation sites (tertiary alicyclic amines) is 1. The summed E-state index contributed by atoms with van der Waals surface area (Å²) in [4.78, 5) is 39.6. The van der Waals surface area contributed by atoms with E-state index in [1.54, 1.807) is 9.80 Å². The quantitative estimate of drug-likeness (QED) is 0.866. The highest BCUT2D eigenvalue weighted by atomic mass is 16.6. The van der Waals surface area contributed by atoms with E-state index >= 15 is 0 Å². The number of para-hydroxylation sites is 2. The average molecular weight is 359 g/mol. The Bertz CT molecular complexity index is 752. The first kappa shape index (κ1) is 16.7. The summed E-state index contributed by atoms with van der Waals surface area (Å²) >= 11 is 0. The Morgan fingerprint density at radius 1 is 1.27 bits per heavy atom. The van der Waals surface area contributed by atoms with Gasteiger partial charge in [0.2, 0.25) is 5.91 Å². The Morgan fingerprint density at radius 3 is 2.92 bits per heavy atom. The number of benzene rings is 1. The van der Waals surface area contributed by atoms with Crippen molar-refractivity contribution in [3.63, 3.8) is 0 Å². The van der Waals surface area contributed by atoms with E-state index in [4.69, 9.17) is 9.47 Å². The van der Waals surface area contributed by atoms with E-state index < -0.39 is 11.7 Å². The van der Waals surface area contributed by atoms with Crippen molar-refractivity contribution in [2.45, 2.75) is 24.9 Å². The van der Waals surface area contributed by atoms with Gasteiger partial charge in [0.05, 0.1) is 18.8 Å². The average Bonchev–Trinajstić information content (AvgIpc) is 3.00. The van der Waals surface area contributed by atoms with Gasteiger partial charge in [-0.1, -0.05) is 12.1 Å². The fraction of sp³-hybridized carbons (Fsp3) is 0.500. The molecule has 1 atom stereocenters. The van der Waals surface area contributed by atoms with Gasteiger partial charge in [0.15, 0.2) is 6.61 Å². The number of hydrogen-bond donors (Lipinski definition) is 1. The Balaban J connectivity index is 1.40. The van der Waals surface area contributed by atoms with E-state index in [1.807, 2.05) is 24.3 Å². The van der Waals surface area contributed by atoms with Gasteiger partial charge in [-0.25, -0.2) is 4.79 Å². The highest BCUT2D eigenvalue weighted by Crippen LogP contribution is 2.32. The molecule has 1 N–H and O–H groups in total. The molecule has 1 aromatic rings. The van der Waals surface area contributed by atoms with Crippen LogP contribution in [0, 0.1) is 0 Å². The lowest BCUT2D eigenvalue weighted by atomic mass is 9.93. The summed E-state index contributed by atoms with van der Waals surface area (Å²) in [5, 5.41) is 2.67. The smallest absolute Gasteiger partial charge is 0.407 e. The Labute approximate surface area is 151 Å². The number of amides is 3. The predicted octanol–water partition coefficient (Wildman–Crippen LogP) is 0.903. The molecule has 8 nitrogen and oxygen atoms in total. The molecular weight excluding hydrogens is 338 g/mol. The molecule has 1 aromatic carbocycles. The lowest BCUT2D eigenvalue weighted by Gasteiger charge is -2.38. The number of nitrogens with zero attached hydrogens (tertiary/aromatic N) is 2. The minimum absolute atomic E-state index is 0.0142. The summed E-state index contributed by atoms with van der Waals surface area (Å²) in [6.45, 7) is 1.77. The number of nitrogens with one attached hydrogen (secondary N) is 1. The standard InChI is InChI=1S/C18H21N3O5/c22-15(20-8-3-7-18(12-20)11-19-17(24)26-18)6-9-21-13-4-1-2-5-14(13)25-10-16(21)23/h1-2,4-5H,3,6-12H2,(H,19,24). The molecule has 0 bridgehead atoms. The second kappa shape index (κ2) is 6.51. The second-order valence-electron chi connectivity index (χ2n) is 6.90. The van der Waals surface area contributed by atoms with Crippen LogP contribution >= 0.6 is 0 Å². The van der Waals surface area contributed by atoms with Gasteiger partial charge >= 0.3 is 6.09 Å². The first-order chi connectivity index (χ1) is 12.6. The van der Waals surface area contributed by atoms with Gasteiger partial charge in [-0.15, -0.1) is 0 Å². The van der Waals surface area contributed by atoms with Crippen molar-refractivity contribution in [2.75, 3.05) is 37.7 Å². The van der Waals surface area contributed by atoms with Crippen LogP contribution in [0.15, 0.2) is 24.3 Å². The lowest BCUT2D eigenvalue weighted by molar-refractivity contribution is -0.136. The summed E-state index contributed by atoms with van der Waals surface area (Å²) in [7, 11) is 0. The maximum absolute atomic E-state index is 12.7. The number of alkyl carbamates (subject to hydrolysis) is 1. The molecule has 0 saturated carbocycles. The van der Waals surface area contributed by atoms with Crippen molar-refractivity contribution >= 4 is 23.6 Å². The van der Waals surface area contributed by atoms with Crippen molar-refractivity contribution in [3.8, 4) is 5.75 Å². The molecular formula is C18H21N3O5. The molecule has 3 heterocycles. The molecule has 1 spiro atoms. The third-order valence-corrected chi connectivity index (χ3v) is 5.11. The van der Waals surface area contributed by atoms with Crippen LogP contribution in [-0.4, -0.2) is 61.2 Å². The van der Waals surface area contributed by atoms with Gasteiger partial charge in [-0.3, -0.25) is 9.59 Å². The van der Waals surface area contributed by atoms with Crippen molar-refractivity contribution in [2.24, 2.45) is 0 Å². The van der Waals surface area contributed by atoms with Crippen LogP contribution in [-0.2, 0) is 14.3 Å². The summed E-state index contributed by atoms with van der Waals surface area (Å²) in [5.41, 5.74) is 0.0902. The van der Waals surface area contributed by atoms with Crippen molar-refractivity contribution in [3.05, 3.63) is 24.3 Å². The Morgan fingerprint density at radius 2 is 2.12 bits per heavy atom. The number of anilines is 1. The zero-order chi connectivity index (χ0) is 18.1. The molecule has 2 saturated heterocycles. The number of carbonyl (C=O) groups excluding carboxylic acids is 3. The molecule has 0 aromatic heterocycles. The van der Waals surface area contributed by atoms with Crippen molar-refractivity contribution in [1.82, 2.24) is 10.2 Å². The van der Waals surface area contributed by atoms with E-state index in [9.17, 15) is 14.4 Å². The predicted molar refractivity (Wildman–Crippen MR) is 91.9 cm³/mol. The normalized spacial score (nSPS) is 24.8. The molecule has 1 unspecified atom stereocenters. The number of piperidine rings is 1. The van der Waals surface area contributed by atoms with Crippen molar-refractivity contribution < 1.29 is 23.9 Å². The van der Waals surface area contributed by atoms with E-state index in [0.717, 1.165) is 12.8 Å². The molecule has 3 aliphatic rings. The third-order valence-electron chi connectivity index (χ3n) is 5.11. The maximum Gasteiger partial charge on any atom is 0.407 e. The van der Waals surface area contributed by atoms with Gasteiger partial charge in [0.25, 0.3) is 5.91 Å². The minimum Gasteiger partial charge on any atom is -0.482 e. The first-order valence-corrected chi connectivity index (χ1v) is 8.83. The van der Waals surface area contributed by atoms with Crippen LogP contribution in [0.25, 0.3) is 0 Å². The van der Waals surface area contributed by atoms with E-state index in [-0.39, 0.29) is 24.8 Å². The fourth-order valence-electron chi connectivity index (χ4n) is 3.81. The molecule has 2 fully saturated rings. The number of rotatable bonds is 3. The molecule has 138 valence electrons. The highest BCUT2D eigenvalue weighted by Gasteiger charge is 2.44. The number of hydrogen-bond acceptors (Lipinski definition) is 5. The number of carbonyl (C=O) groups is 3. The van der Waals surface area contributed by atoms with Crippen LogP contribution in [0.5, 0.6) is 5.75 Å². The number of ether oxygens (including phenoxy) is 2. The number of fused-ring (bicyclic) bond motifs is 1. The zero-order valence-corrected chi connectivity index (χ0v) is 14.4. The lowest BCUT2D eigenvalue weighted by Crippen LogP contribution is -2.52. The highest BCUT2D eigenvalue weighted by molar-refractivity contribution is 5.98. The van der Waals surface area contributed by atoms with E-state index in [1.165, 1.54) is 0 Å². The van der Waals surface area contributed by atoms with Crippen LogP contribution in [0.2, 0.25) is 0 Å². The molecule has 0 aliphatic carbocycles. The molecule has 3 aliphatic heterocycles. The Hall–Kier alpha value is -2.77. The molecule has 8 heteroatoms. The van der Waals surface area contributed by atoms with Gasteiger partial charge in [0.1, 0.15) is 11.4 Å². The second-order valence-corrected chi connectivity index (χ2v) is 6.90. The molecule has 26 heavy (non-hydrogen) atoms. The summed E-state index contributed by atoms with van der Waals surface area (Å²) in [6, 6.07) is 7.32. The van der Waals surface area contributed by atoms with E-state index in [2.05, 4.69) is 5.32 Å². The van der Waals surface area contributed by atoms with Crippen LogP contribution in [0.1, 0.15) is 19.3 Å². The largest absolute Gasteiger partial charge is 0.482 e. The van der Waals surface area contributed by atoms with E-state index in [0.29, 0.717) is 37.6 Å². The van der Waals surface area contributed by atoms with Gasteiger partial charge in [-0.2, -0.15) is 0 Å². The fourth-order valence-corrected chi connectivity index (χ4v) is 3.81. The minimum atomic E-state index is -0.605. The summed E-state index contributed by atoms with van der Waals surface area (Å²) in [5.74, 6) is 0.463. The first-order valence-electron chi connectivity index (χ1n) is 8.83. The third kappa shape index (κ3) is 3.07. The SMILES string of the molecule is O=C1NCC2(CCCN(C(=O)CCN3C(=O)COc4ccccc43)C2)O1. The molecule has 0 radical (unpaired) electrons.